The third-order valence-electron chi connectivity index (χ3n) is 4.62. The largest absolute Gasteiger partial charge is 0.486 e. The highest BCUT2D eigenvalue weighted by Crippen LogP contribution is 2.34. The van der Waals surface area contributed by atoms with E-state index < -0.39 is 15.9 Å². The van der Waals surface area contributed by atoms with E-state index in [4.69, 9.17) is 14.2 Å². The normalized spacial score (nSPS) is 12.7. The second kappa shape index (κ2) is 9.19. The molecule has 0 fully saturated rings. The molecule has 3 aromatic rings. The molecular formula is C23H22N2O6S. The molecule has 0 unspecified atom stereocenters. The van der Waals surface area contributed by atoms with E-state index in [-0.39, 0.29) is 6.54 Å². The summed E-state index contributed by atoms with van der Waals surface area (Å²) < 4.78 is 42.5. The number of amides is 1. The lowest BCUT2D eigenvalue weighted by molar-refractivity contribution is -0.114. The Balaban J connectivity index is 1.44. The van der Waals surface area contributed by atoms with Crippen molar-refractivity contribution in [2.75, 3.05) is 35.6 Å². The van der Waals surface area contributed by atoms with E-state index in [0.29, 0.717) is 47.6 Å². The van der Waals surface area contributed by atoms with Gasteiger partial charge in [-0.25, -0.2) is 8.42 Å². The van der Waals surface area contributed by atoms with Gasteiger partial charge < -0.3 is 19.5 Å². The molecule has 4 rings (SSSR count). The Bertz CT molecular complexity index is 1200. The minimum Gasteiger partial charge on any atom is -0.486 e. The standard InChI is InChI=1S/C23H22N2O6S/c1-32(27,28)25(18-9-12-21-22(15-18)30-14-13-29-21)16-23(26)24-17-7-10-20(11-8-17)31-19-5-3-2-4-6-19/h2-12,15H,13-14,16H2,1H3,(H,24,26). The van der Waals surface area contributed by atoms with Crippen molar-refractivity contribution in [2.24, 2.45) is 0 Å². The molecule has 1 aliphatic heterocycles. The zero-order chi connectivity index (χ0) is 22.6. The van der Waals surface area contributed by atoms with E-state index in [9.17, 15) is 13.2 Å². The summed E-state index contributed by atoms with van der Waals surface area (Å²) >= 11 is 0. The fraction of sp³-hybridized carbons (Fsp3) is 0.174. The molecule has 1 aliphatic rings. The maximum Gasteiger partial charge on any atom is 0.245 e. The molecular weight excluding hydrogens is 432 g/mol. The number of ether oxygens (including phenoxy) is 3. The Labute approximate surface area is 186 Å². The van der Waals surface area contributed by atoms with Gasteiger partial charge >= 0.3 is 0 Å². The van der Waals surface area contributed by atoms with Gasteiger partial charge in [0.05, 0.1) is 11.9 Å². The van der Waals surface area contributed by atoms with Crippen LogP contribution >= 0.6 is 0 Å². The minimum absolute atomic E-state index is 0.318. The van der Waals surface area contributed by atoms with Gasteiger partial charge in [0.2, 0.25) is 15.9 Å². The summed E-state index contributed by atoms with van der Waals surface area (Å²) in [4.78, 5) is 12.6. The topological polar surface area (TPSA) is 94.2 Å². The number of carbonyl (C=O) groups is 1. The second-order valence-electron chi connectivity index (χ2n) is 7.09. The number of benzene rings is 3. The number of nitrogens with zero attached hydrogens (tertiary/aromatic N) is 1. The smallest absolute Gasteiger partial charge is 0.245 e. The molecule has 0 saturated carbocycles. The third kappa shape index (κ3) is 5.30. The zero-order valence-electron chi connectivity index (χ0n) is 17.4. The maximum atomic E-state index is 12.6. The monoisotopic (exact) mass is 454 g/mol. The average Bonchev–Trinajstić information content (AvgIpc) is 2.78. The molecule has 9 heteroatoms. The van der Waals surface area contributed by atoms with Crippen molar-refractivity contribution in [2.45, 2.75) is 0 Å². The van der Waals surface area contributed by atoms with Crippen LogP contribution in [0.1, 0.15) is 0 Å². The number of nitrogens with one attached hydrogen (secondary N) is 1. The van der Waals surface area contributed by atoms with E-state index in [2.05, 4.69) is 5.32 Å². The molecule has 8 nitrogen and oxygen atoms in total. The fourth-order valence-corrected chi connectivity index (χ4v) is 4.00. The van der Waals surface area contributed by atoms with Crippen LogP contribution in [0, 0.1) is 0 Å². The average molecular weight is 455 g/mol. The molecule has 0 radical (unpaired) electrons. The summed E-state index contributed by atoms with van der Waals surface area (Å²) in [6, 6.07) is 20.9. The van der Waals surface area contributed by atoms with Gasteiger partial charge in [-0.2, -0.15) is 0 Å². The van der Waals surface area contributed by atoms with Crippen molar-refractivity contribution in [3.05, 3.63) is 72.8 Å². The highest BCUT2D eigenvalue weighted by atomic mass is 32.2. The van der Waals surface area contributed by atoms with E-state index >= 15 is 0 Å². The van der Waals surface area contributed by atoms with Gasteiger partial charge in [-0.05, 0) is 48.5 Å². The van der Waals surface area contributed by atoms with E-state index in [1.54, 1.807) is 42.5 Å². The van der Waals surface area contributed by atoms with Gasteiger partial charge in [0.1, 0.15) is 31.3 Å². The fourth-order valence-electron chi connectivity index (χ4n) is 3.15. The van der Waals surface area contributed by atoms with Crippen LogP contribution in [-0.2, 0) is 14.8 Å². The first-order chi connectivity index (χ1) is 15.4. The van der Waals surface area contributed by atoms with Gasteiger partial charge in [-0.1, -0.05) is 18.2 Å². The quantitative estimate of drug-likeness (QED) is 0.586. The highest BCUT2D eigenvalue weighted by Gasteiger charge is 2.23. The van der Waals surface area contributed by atoms with Crippen molar-refractivity contribution >= 4 is 27.3 Å². The van der Waals surface area contributed by atoms with Crippen LogP contribution < -0.4 is 23.8 Å². The number of para-hydroxylation sites is 1. The Kier molecular flexibility index (Phi) is 6.18. The van der Waals surface area contributed by atoms with Crippen LogP contribution in [0.2, 0.25) is 0 Å². The van der Waals surface area contributed by atoms with Crippen LogP contribution in [-0.4, -0.2) is 40.3 Å². The Morgan fingerprint density at radius 1 is 0.938 bits per heavy atom. The lowest BCUT2D eigenvalue weighted by Gasteiger charge is -2.24. The summed E-state index contributed by atoms with van der Waals surface area (Å²) in [6.07, 6.45) is 1.05. The lowest BCUT2D eigenvalue weighted by atomic mass is 10.2. The van der Waals surface area contributed by atoms with Gasteiger partial charge in [0.25, 0.3) is 0 Å². The van der Waals surface area contributed by atoms with Crippen molar-refractivity contribution in [3.8, 4) is 23.0 Å². The van der Waals surface area contributed by atoms with Crippen molar-refractivity contribution in [3.63, 3.8) is 0 Å². The number of carbonyl (C=O) groups excluding carboxylic acids is 1. The maximum absolute atomic E-state index is 12.6. The number of sulfonamides is 1. The molecule has 1 heterocycles. The summed E-state index contributed by atoms with van der Waals surface area (Å²) in [5.41, 5.74) is 0.838. The van der Waals surface area contributed by atoms with Crippen molar-refractivity contribution in [1.29, 1.82) is 0 Å². The molecule has 0 atom stereocenters. The van der Waals surface area contributed by atoms with Gasteiger partial charge in [-0.3, -0.25) is 9.10 Å². The number of anilines is 2. The molecule has 1 N–H and O–H groups in total. The van der Waals surface area contributed by atoms with Gasteiger partial charge in [-0.15, -0.1) is 0 Å². The molecule has 166 valence electrons. The van der Waals surface area contributed by atoms with Gasteiger partial charge in [0.15, 0.2) is 11.5 Å². The summed E-state index contributed by atoms with van der Waals surface area (Å²) in [7, 11) is -3.72. The van der Waals surface area contributed by atoms with Crippen molar-refractivity contribution in [1.82, 2.24) is 0 Å². The predicted molar refractivity (Wildman–Crippen MR) is 121 cm³/mol. The Hall–Kier alpha value is -3.72. The molecule has 3 aromatic carbocycles. The molecule has 32 heavy (non-hydrogen) atoms. The number of fused-ring (bicyclic) bond motifs is 1. The Morgan fingerprint density at radius 3 is 2.28 bits per heavy atom. The molecule has 0 spiro atoms. The Morgan fingerprint density at radius 2 is 1.59 bits per heavy atom. The summed E-state index contributed by atoms with van der Waals surface area (Å²) in [5, 5.41) is 2.71. The SMILES string of the molecule is CS(=O)(=O)N(CC(=O)Nc1ccc(Oc2ccccc2)cc1)c1ccc2c(c1)OCCO2. The molecule has 1 amide bonds. The van der Waals surface area contributed by atoms with E-state index in [1.807, 2.05) is 30.3 Å². The van der Waals surface area contributed by atoms with Crippen LogP contribution in [0.25, 0.3) is 0 Å². The second-order valence-corrected chi connectivity index (χ2v) is 8.99. The predicted octanol–water partition coefficient (Wildman–Crippen LogP) is 3.65. The number of hydrogen-bond acceptors (Lipinski definition) is 6. The van der Waals surface area contributed by atoms with Crippen LogP contribution in [0.5, 0.6) is 23.0 Å². The molecule has 0 saturated heterocycles. The zero-order valence-corrected chi connectivity index (χ0v) is 18.2. The first-order valence-electron chi connectivity index (χ1n) is 9.89. The molecule has 0 aromatic heterocycles. The summed E-state index contributed by atoms with van der Waals surface area (Å²) in [6.45, 7) is 0.417. The lowest BCUT2D eigenvalue weighted by Crippen LogP contribution is -2.37. The van der Waals surface area contributed by atoms with E-state index in [0.717, 1.165) is 10.6 Å². The molecule has 0 aliphatic carbocycles. The highest BCUT2D eigenvalue weighted by molar-refractivity contribution is 7.92. The van der Waals surface area contributed by atoms with Gasteiger partial charge in [0, 0.05) is 11.8 Å². The van der Waals surface area contributed by atoms with E-state index in [1.165, 1.54) is 0 Å². The summed E-state index contributed by atoms with van der Waals surface area (Å²) in [5.74, 6) is 1.81. The number of rotatable bonds is 7. The molecule has 0 bridgehead atoms. The van der Waals surface area contributed by atoms with Crippen LogP contribution in [0.4, 0.5) is 11.4 Å². The van der Waals surface area contributed by atoms with Crippen LogP contribution in [0.3, 0.4) is 0 Å². The van der Waals surface area contributed by atoms with Crippen LogP contribution in [0.15, 0.2) is 72.8 Å². The third-order valence-corrected chi connectivity index (χ3v) is 5.76. The van der Waals surface area contributed by atoms with Crippen molar-refractivity contribution < 1.29 is 27.4 Å². The first kappa shape index (κ1) is 21.5. The minimum atomic E-state index is -3.72. The first-order valence-corrected chi connectivity index (χ1v) is 11.7. The number of hydrogen-bond donors (Lipinski definition) is 1.